The number of benzene rings is 1. The van der Waals surface area contributed by atoms with Crippen LogP contribution < -0.4 is 10.1 Å². The van der Waals surface area contributed by atoms with Crippen LogP contribution >= 0.6 is 0 Å². The number of likely N-dealkylation sites (tertiary alicyclic amines) is 1. The number of ether oxygens (including phenoxy) is 1. The Kier molecular flexibility index (Phi) is 6.91. The Bertz CT molecular complexity index is 793. The number of methoxy groups -OCH3 is 1. The number of carbonyl (C=O) groups is 1. The van der Waals surface area contributed by atoms with Crippen LogP contribution in [0.25, 0.3) is 0 Å². The summed E-state index contributed by atoms with van der Waals surface area (Å²) in [7, 11) is 1.72. The zero-order valence-corrected chi connectivity index (χ0v) is 18.0. The van der Waals surface area contributed by atoms with Gasteiger partial charge in [0.2, 0.25) is 5.91 Å². The SMILES string of the molecule is COc1ccccc1CN1CCC([C@@H](NC(=O)C(C)(C)C)c2ccccn2)CC1. The van der Waals surface area contributed by atoms with Crippen molar-refractivity contribution in [3.8, 4) is 5.75 Å². The second-order valence-corrected chi connectivity index (χ2v) is 8.88. The second kappa shape index (κ2) is 9.40. The summed E-state index contributed by atoms with van der Waals surface area (Å²) in [6.45, 7) is 8.74. The first-order chi connectivity index (χ1) is 13.9. The maximum absolute atomic E-state index is 12.7. The molecule has 2 aromatic rings. The Balaban J connectivity index is 1.67. The summed E-state index contributed by atoms with van der Waals surface area (Å²) in [6, 6.07) is 14.1. The average Bonchev–Trinajstić information content (AvgIpc) is 2.73. The molecule has 2 heterocycles. The number of aromatic nitrogens is 1. The molecule has 156 valence electrons. The third-order valence-electron chi connectivity index (χ3n) is 5.66. The lowest BCUT2D eigenvalue weighted by Crippen LogP contribution is -2.44. The van der Waals surface area contributed by atoms with E-state index in [0.717, 1.165) is 43.9 Å². The predicted octanol–water partition coefficient (Wildman–Crippen LogP) is 4.21. The summed E-state index contributed by atoms with van der Waals surface area (Å²) >= 11 is 0. The summed E-state index contributed by atoms with van der Waals surface area (Å²) in [6.07, 6.45) is 3.87. The molecule has 0 bridgehead atoms. The van der Waals surface area contributed by atoms with Crippen LogP contribution in [0.2, 0.25) is 0 Å². The summed E-state index contributed by atoms with van der Waals surface area (Å²) in [4.78, 5) is 19.7. The number of nitrogens with zero attached hydrogens (tertiary/aromatic N) is 2. The van der Waals surface area contributed by atoms with Crippen molar-refractivity contribution in [3.63, 3.8) is 0 Å². The standard InChI is InChI=1S/C24H33N3O2/c1-24(2,3)23(28)26-22(20-10-7-8-14-25-20)18-12-15-27(16-13-18)17-19-9-5-6-11-21(19)29-4/h5-11,14,18,22H,12-13,15-17H2,1-4H3,(H,26,28)/t22-/m1/s1. The Labute approximate surface area is 174 Å². The summed E-state index contributed by atoms with van der Waals surface area (Å²) in [5.41, 5.74) is 1.75. The molecule has 1 atom stereocenters. The fourth-order valence-corrected chi connectivity index (χ4v) is 3.87. The molecule has 1 aliphatic rings. The average molecular weight is 396 g/mol. The van der Waals surface area contributed by atoms with Gasteiger partial charge in [-0.3, -0.25) is 14.7 Å². The van der Waals surface area contributed by atoms with E-state index in [1.165, 1.54) is 5.56 Å². The molecule has 1 aliphatic heterocycles. The van der Waals surface area contributed by atoms with Crippen molar-refractivity contribution in [2.45, 2.75) is 46.2 Å². The molecule has 1 amide bonds. The van der Waals surface area contributed by atoms with Gasteiger partial charge < -0.3 is 10.1 Å². The number of pyridine rings is 1. The lowest BCUT2D eigenvalue weighted by atomic mass is 9.85. The van der Waals surface area contributed by atoms with Crippen molar-refractivity contribution in [1.29, 1.82) is 0 Å². The van der Waals surface area contributed by atoms with E-state index in [1.54, 1.807) is 7.11 Å². The van der Waals surface area contributed by atoms with Gasteiger partial charge in [-0.25, -0.2) is 0 Å². The number of nitrogens with one attached hydrogen (secondary N) is 1. The maximum Gasteiger partial charge on any atom is 0.225 e. The Morgan fingerprint density at radius 2 is 1.86 bits per heavy atom. The molecule has 0 saturated carbocycles. The molecule has 0 aliphatic carbocycles. The lowest BCUT2D eigenvalue weighted by Gasteiger charge is -2.37. The lowest BCUT2D eigenvalue weighted by molar-refractivity contribution is -0.129. The quantitative estimate of drug-likeness (QED) is 0.796. The summed E-state index contributed by atoms with van der Waals surface area (Å²) in [5.74, 6) is 1.40. The van der Waals surface area contributed by atoms with Gasteiger partial charge in [0.15, 0.2) is 0 Å². The van der Waals surface area contributed by atoms with Gasteiger partial charge in [-0.15, -0.1) is 0 Å². The molecule has 5 heteroatoms. The minimum Gasteiger partial charge on any atom is -0.496 e. The van der Waals surface area contributed by atoms with Crippen molar-refractivity contribution in [2.24, 2.45) is 11.3 Å². The monoisotopic (exact) mass is 395 g/mol. The minimum absolute atomic E-state index is 0.0451. The van der Waals surface area contributed by atoms with Crippen LogP contribution in [0.15, 0.2) is 48.7 Å². The van der Waals surface area contributed by atoms with Crippen LogP contribution in [-0.2, 0) is 11.3 Å². The molecule has 0 spiro atoms. The number of para-hydroxylation sites is 1. The van der Waals surface area contributed by atoms with E-state index in [9.17, 15) is 4.79 Å². The first kappa shape index (κ1) is 21.3. The zero-order valence-electron chi connectivity index (χ0n) is 18.0. The largest absolute Gasteiger partial charge is 0.496 e. The van der Waals surface area contributed by atoms with Gasteiger partial charge in [0.05, 0.1) is 18.8 Å². The first-order valence-corrected chi connectivity index (χ1v) is 10.4. The highest BCUT2D eigenvalue weighted by Crippen LogP contribution is 2.32. The van der Waals surface area contributed by atoms with Crippen LogP contribution in [0.3, 0.4) is 0 Å². The van der Waals surface area contributed by atoms with Crippen LogP contribution in [0.1, 0.15) is 50.9 Å². The van der Waals surface area contributed by atoms with Crippen LogP contribution in [0, 0.1) is 11.3 Å². The van der Waals surface area contributed by atoms with Crippen LogP contribution in [0.4, 0.5) is 0 Å². The maximum atomic E-state index is 12.7. The molecule has 1 saturated heterocycles. The molecular formula is C24H33N3O2. The van der Waals surface area contributed by atoms with E-state index in [2.05, 4.69) is 27.3 Å². The molecule has 0 unspecified atom stereocenters. The van der Waals surface area contributed by atoms with Gasteiger partial charge in [-0.1, -0.05) is 45.0 Å². The molecule has 1 aromatic heterocycles. The highest BCUT2D eigenvalue weighted by Gasteiger charge is 2.32. The number of hydrogen-bond donors (Lipinski definition) is 1. The van der Waals surface area contributed by atoms with E-state index >= 15 is 0 Å². The molecule has 1 fully saturated rings. The molecular weight excluding hydrogens is 362 g/mol. The molecule has 0 radical (unpaired) electrons. The smallest absolute Gasteiger partial charge is 0.225 e. The summed E-state index contributed by atoms with van der Waals surface area (Å²) in [5, 5.41) is 3.29. The van der Waals surface area contributed by atoms with Crippen LogP contribution in [-0.4, -0.2) is 36.0 Å². The first-order valence-electron chi connectivity index (χ1n) is 10.4. The van der Waals surface area contributed by atoms with Crippen molar-refractivity contribution >= 4 is 5.91 Å². The third-order valence-corrected chi connectivity index (χ3v) is 5.66. The number of carbonyl (C=O) groups excluding carboxylic acids is 1. The third kappa shape index (κ3) is 5.57. The number of piperidine rings is 1. The topological polar surface area (TPSA) is 54.5 Å². The van der Waals surface area contributed by atoms with E-state index in [4.69, 9.17) is 4.74 Å². The van der Waals surface area contributed by atoms with Crippen molar-refractivity contribution in [2.75, 3.05) is 20.2 Å². The molecule has 3 rings (SSSR count). The molecule has 1 aromatic carbocycles. The minimum atomic E-state index is -0.419. The Morgan fingerprint density at radius 3 is 2.48 bits per heavy atom. The number of rotatable bonds is 6. The summed E-state index contributed by atoms with van der Waals surface area (Å²) < 4.78 is 5.50. The van der Waals surface area contributed by atoms with Crippen molar-refractivity contribution in [3.05, 3.63) is 59.9 Å². The van der Waals surface area contributed by atoms with Gasteiger partial charge in [-0.05, 0) is 50.0 Å². The van der Waals surface area contributed by atoms with E-state index in [1.807, 2.05) is 57.3 Å². The fraction of sp³-hybridized carbons (Fsp3) is 0.500. The molecule has 29 heavy (non-hydrogen) atoms. The normalized spacial score (nSPS) is 17.0. The van der Waals surface area contributed by atoms with Gasteiger partial charge >= 0.3 is 0 Å². The molecule has 1 N–H and O–H groups in total. The van der Waals surface area contributed by atoms with Gasteiger partial charge in [-0.2, -0.15) is 0 Å². The number of hydrogen-bond acceptors (Lipinski definition) is 4. The Morgan fingerprint density at radius 1 is 1.17 bits per heavy atom. The van der Waals surface area contributed by atoms with Crippen molar-refractivity contribution in [1.82, 2.24) is 15.2 Å². The zero-order chi connectivity index (χ0) is 20.9. The second-order valence-electron chi connectivity index (χ2n) is 8.88. The van der Waals surface area contributed by atoms with E-state index in [-0.39, 0.29) is 11.9 Å². The Hall–Kier alpha value is -2.40. The number of amides is 1. The highest BCUT2D eigenvalue weighted by molar-refractivity contribution is 5.81. The fourth-order valence-electron chi connectivity index (χ4n) is 3.87. The van der Waals surface area contributed by atoms with E-state index in [0.29, 0.717) is 5.92 Å². The van der Waals surface area contributed by atoms with Gasteiger partial charge in [0, 0.05) is 23.7 Å². The molecule has 5 nitrogen and oxygen atoms in total. The predicted molar refractivity (Wildman–Crippen MR) is 116 cm³/mol. The van der Waals surface area contributed by atoms with Crippen LogP contribution in [0.5, 0.6) is 5.75 Å². The van der Waals surface area contributed by atoms with E-state index < -0.39 is 5.41 Å². The highest BCUT2D eigenvalue weighted by atomic mass is 16.5. The van der Waals surface area contributed by atoms with Crippen molar-refractivity contribution < 1.29 is 9.53 Å². The van der Waals surface area contributed by atoms with Gasteiger partial charge in [0.1, 0.15) is 5.75 Å². The van der Waals surface area contributed by atoms with Gasteiger partial charge in [0.25, 0.3) is 0 Å².